The molecule has 0 aliphatic carbocycles. The first-order chi connectivity index (χ1) is 7.72. The van der Waals surface area contributed by atoms with Crippen LogP contribution in [-0.2, 0) is 6.42 Å². The molecule has 0 bridgehead atoms. The van der Waals surface area contributed by atoms with Crippen LogP contribution in [-0.4, -0.2) is 10.1 Å². The molecular formula is C11H13N3O2. The van der Waals surface area contributed by atoms with Crippen LogP contribution >= 0.6 is 0 Å². The van der Waals surface area contributed by atoms with E-state index in [0.29, 0.717) is 17.1 Å². The van der Waals surface area contributed by atoms with Gasteiger partial charge in [0, 0.05) is 23.4 Å². The highest BCUT2D eigenvalue weighted by molar-refractivity contribution is 5.65. The van der Waals surface area contributed by atoms with Crippen molar-refractivity contribution in [3.8, 4) is 11.3 Å². The van der Waals surface area contributed by atoms with E-state index in [0.717, 1.165) is 18.4 Å². The van der Waals surface area contributed by atoms with E-state index in [-0.39, 0.29) is 5.56 Å². The zero-order chi connectivity index (χ0) is 11.5. The Hall–Kier alpha value is -2.04. The van der Waals surface area contributed by atoms with Gasteiger partial charge in [-0.3, -0.25) is 4.79 Å². The van der Waals surface area contributed by atoms with Crippen LogP contribution in [0.5, 0.6) is 0 Å². The predicted molar refractivity (Wildman–Crippen MR) is 61.0 cm³/mol. The highest BCUT2D eigenvalue weighted by atomic mass is 16.5. The summed E-state index contributed by atoms with van der Waals surface area (Å²) in [4.78, 5) is 13.7. The molecule has 2 aromatic heterocycles. The Labute approximate surface area is 92.3 Å². The maximum Gasteiger partial charge on any atom is 0.248 e. The molecule has 5 nitrogen and oxygen atoms in total. The van der Waals surface area contributed by atoms with Crippen molar-refractivity contribution in [2.24, 2.45) is 0 Å². The van der Waals surface area contributed by atoms with E-state index in [1.165, 1.54) is 6.07 Å². The molecule has 0 radical (unpaired) electrons. The maximum atomic E-state index is 11.2. The normalized spacial score (nSPS) is 10.6. The molecule has 2 heterocycles. The van der Waals surface area contributed by atoms with E-state index in [1.807, 2.05) is 6.92 Å². The fourth-order valence-corrected chi connectivity index (χ4v) is 1.63. The molecular weight excluding hydrogens is 206 g/mol. The highest BCUT2D eigenvalue weighted by Crippen LogP contribution is 2.27. The zero-order valence-corrected chi connectivity index (χ0v) is 8.99. The topological polar surface area (TPSA) is 84.9 Å². The van der Waals surface area contributed by atoms with Gasteiger partial charge < -0.3 is 15.2 Å². The molecule has 0 spiro atoms. The Balaban J connectivity index is 2.51. The van der Waals surface area contributed by atoms with Crippen LogP contribution in [0.1, 0.15) is 18.9 Å². The summed E-state index contributed by atoms with van der Waals surface area (Å²) in [5.74, 6) is 0.989. The number of aromatic amines is 1. The predicted octanol–water partition coefficient (Wildman–Crippen LogP) is 1.56. The zero-order valence-electron chi connectivity index (χ0n) is 8.99. The molecule has 0 amide bonds. The van der Waals surface area contributed by atoms with Crippen molar-refractivity contribution in [2.75, 3.05) is 5.73 Å². The van der Waals surface area contributed by atoms with Crippen LogP contribution in [0, 0.1) is 0 Å². The summed E-state index contributed by atoms with van der Waals surface area (Å²) >= 11 is 0. The molecule has 0 aromatic carbocycles. The van der Waals surface area contributed by atoms with E-state index >= 15 is 0 Å². The van der Waals surface area contributed by atoms with Gasteiger partial charge in [0.1, 0.15) is 0 Å². The van der Waals surface area contributed by atoms with Gasteiger partial charge in [0.25, 0.3) is 0 Å². The van der Waals surface area contributed by atoms with Gasteiger partial charge in [0.2, 0.25) is 5.56 Å². The third-order valence-corrected chi connectivity index (χ3v) is 2.36. The summed E-state index contributed by atoms with van der Waals surface area (Å²) in [6.07, 6.45) is 3.31. The minimum atomic E-state index is -0.171. The van der Waals surface area contributed by atoms with Crippen molar-refractivity contribution in [2.45, 2.75) is 19.8 Å². The molecule has 16 heavy (non-hydrogen) atoms. The number of hydrogen-bond donors (Lipinski definition) is 2. The van der Waals surface area contributed by atoms with Gasteiger partial charge in [-0.05, 0) is 12.5 Å². The van der Waals surface area contributed by atoms with Crippen molar-refractivity contribution < 1.29 is 4.52 Å². The molecule has 0 atom stereocenters. The van der Waals surface area contributed by atoms with Crippen molar-refractivity contribution in [1.29, 1.82) is 0 Å². The van der Waals surface area contributed by atoms with Crippen LogP contribution in [0.3, 0.4) is 0 Å². The lowest BCUT2D eigenvalue weighted by Gasteiger charge is -1.99. The van der Waals surface area contributed by atoms with Gasteiger partial charge in [-0.25, -0.2) is 0 Å². The quantitative estimate of drug-likeness (QED) is 0.820. The number of nitrogens with one attached hydrogen (secondary N) is 1. The first kappa shape index (κ1) is 10.5. The number of rotatable bonds is 3. The molecule has 5 heteroatoms. The standard InChI is InChI=1S/C11H13N3O2/c1-2-3-8-10(16-14-11(8)12)7-4-5-13-9(15)6-7/h4-6H,2-3H2,1H3,(H2,12,14)(H,13,15). The van der Waals surface area contributed by atoms with E-state index < -0.39 is 0 Å². The third kappa shape index (κ3) is 1.84. The molecule has 0 fully saturated rings. The highest BCUT2D eigenvalue weighted by Gasteiger charge is 2.14. The second kappa shape index (κ2) is 4.22. The van der Waals surface area contributed by atoms with E-state index in [2.05, 4.69) is 10.1 Å². The van der Waals surface area contributed by atoms with Crippen molar-refractivity contribution in [3.63, 3.8) is 0 Å². The van der Waals surface area contributed by atoms with Crippen molar-refractivity contribution >= 4 is 5.82 Å². The fraction of sp³-hybridized carbons (Fsp3) is 0.273. The minimum Gasteiger partial charge on any atom is -0.381 e. The smallest absolute Gasteiger partial charge is 0.248 e. The number of nitrogen functional groups attached to an aromatic ring is 1. The lowest BCUT2D eigenvalue weighted by molar-refractivity contribution is 0.435. The molecule has 0 unspecified atom stereocenters. The van der Waals surface area contributed by atoms with Crippen LogP contribution in [0.15, 0.2) is 27.6 Å². The maximum absolute atomic E-state index is 11.2. The number of nitrogens with zero attached hydrogens (tertiary/aromatic N) is 1. The molecule has 0 saturated heterocycles. The van der Waals surface area contributed by atoms with E-state index in [9.17, 15) is 4.79 Å². The summed E-state index contributed by atoms with van der Waals surface area (Å²) in [6.45, 7) is 2.05. The molecule has 0 aliphatic heterocycles. The lowest BCUT2D eigenvalue weighted by Crippen LogP contribution is -2.02. The number of nitrogens with two attached hydrogens (primary N) is 1. The molecule has 0 aliphatic rings. The average Bonchev–Trinajstić information content (AvgIpc) is 2.61. The van der Waals surface area contributed by atoms with Gasteiger partial charge >= 0.3 is 0 Å². The minimum absolute atomic E-state index is 0.171. The summed E-state index contributed by atoms with van der Waals surface area (Å²) < 4.78 is 5.16. The lowest BCUT2D eigenvalue weighted by atomic mass is 10.1. The number of aromatic nitrogens is 2. The molecule has 2 aromatic rings. The van der Waals surface area contributed by atoms with Crippen LogP contribution in [0.2, 0.25) is 0 Å². The van der Waals surface area contributed by atoms with Gasteiger partial charge in [-0.15, -0.1) is 0 Å². The first-order valence-corrected chi connectivity index (χ1v) is 5.15. The second-order valence-corrected chi connectivity index (χ2v) is 3.57. The van der Waals surface area contributed by atoms with Gasteiger partial charge in [-0.1, -0.05) is 18.5 Å². The number of hydrogen-bond acceptors (Lipinski definition) is 4. The summed E-state index contributed by atoms with van der Waals surface area (Å²) in [7, 11) is 0. The molecule has 2 rings (SSSR count). The van der Waals surface area contributed by atoms with Crippen LogP contribution in [0.25, 0.3) is 11.3 Å². The molecule has 84 valence electrons. The first-order valence-electron chi connectivity index (χ1n) is 5.15. The summed E-state index contributed by atoms with van der Waals surface area (Å²) in [5, 5.41) is 3.73. The Morgan fingerprint density at radius 2 is 2.38 bits per heavy atom. The Morgan fingerprint density at radius 1 is 1.56 bits per heavy atom. The average molecular weight is 219 g/mol. The number of anilines is 1. The van der Waals surface area contributed by atoms with Crippen LogP contribution in [0.4, 0.5) is 5.82 Å². The van der Waals surface area contributed by atoms with E-state index in [1.54, 1.807) is 12.3 Å². The van der Waals surface area contributed by atoms with Crippen LogP contribution < -0.4 is 11.3 Å². The molecule has 3 N–H and O–H groups in total. The Morgan fingerprint density at radius 3 is 3.06 bits per heavy atom. The van der Waals surface area contributed by atoms with Gasteiger partial charge in [0.15, 0.2) is 11.6 Å². The SMILES string of the molecule is CCCc1c(N)noc1-c1cc[nH]c(=O)c1. The van der Waals surface area contributed by atoms with Crippen molar-refractivity contribution in [3.05, 3.63) is 34.2 Å². The molecule has 0 saturated carbocycles. The van der Waals surface area contributed by atoms with E-state index in [4.69, 9.17) is 10.3 Å². The van der Waals surface area contributed by atoms with Gasteiger partial charge in [0.05, 0.1) is 0 Å². The third-order valence-electron chi connectivity index (χ3n) is 2.36. The number of H-pyrrole nitrogens is 1. The Bertz CT molecular complexity index is 542. The number of pyridine rings is 1. The Kier molecular flexibility index (Phi) is 2.76. The monoisotopic (exact) mass is 219 g/mol. The second-order valence-electron chi connectivity index (χ2n) is 3.57. The fourth-order valence-electron chi connectivity index (χ4n) is 1.63. The largest absolute Gasteiger partial charge is 0.381 e. The summed E-state index contributed by atoms with van der Waals surface area (Å²) in [6, 6.07) is 3.24. The van der Waals surface area contributed by atoms with Gasteiger partial charge in [-0.2, -0.15) is 0 Å². The van der Waals surface area contributed by atoms with Crippen molar-refractivity contribution in [1.82, 2.24) is 10.1 Å². The summed E-state index contributed by atoms with van der Waals surface area (Å²) in [5.41, 5.74) is 7.11.